The minimum atomic E-state index is -0.470. The number of benzene rings is 3. The van der Waals surface area contributed by atoms with Crippen molar-refractivity contribution in [2.75, 3.05) is 7.11 Å². The van der Waals surface area contributed by atoms with Gasteiger partial charge in [0.05, 0.1) is 12.1 Å². The molecule has 0 spiro atoms. The van der Waals surface area contributed by atoms with Gasteiger partial charge in [-0.25, -0.2) is 0 Å². The van der Waals surface area contributed by atoms with Gasteiger partial charge in [0.25, 0.3) is 0 Å². The Labute approximate surface area is 176 Å². The summed E-state index contributed by atoms with van der Waals surface area (Å²) in [6.07, 6.45) is 0. The third-order valence-electron chi connectivity index (χ3n) is 4.59. The lowest BCUT2D eigenvalue weighted by molar-refractivity contribution is 0.101. The molecule has 0 N–H and O–H groups in total. The highest BCUT2D eigenvalue weighted by atomic mass is 35.5. The van der Waals surface area contributed by atoms with Gasteiger partial charge in [-0.05, 0) is 53.6 Å². The number of fused-ring (bicyclic) bond motifs is 1. The first-order valence-electron chi connectivity index (χ1n) is 8.62. The van der Waals surface area contributed by atoms with Crippen LogP contribution in [0.3, 0.4) is 0 Å². The Morgan fingerprint density at radius 1 is 1.03 bits per heavy atom. The van der Waals surface area contributed by atoms with Crippen LogP contribution in [0, 0.1) is 11.3 Å². The van der Waals surface area contributed by atoms with Gasteiger partial charge in [0.15, 0.2) is 5.76 Å². The van der Waals surface area contributed by atoms with Crippen molar-refractivity contribution in [1.29, 1.82) is 5.26 Å². The molecule has 0 atom stereocenters. The molecule has 3 aromatic carbocycles. The van der Waals surface area contributed by atoms with E-state index in [1.165, 1.54) is 12.1 Å². The number of nitriles is 1. The Hall–Kier alpha value is -3.26. The molecular weight excluding hydrogens is 409 g/mol. The largest absolute Gasteiger partial charge is 0.497 e. The minimum Gasteiger partial charge on any atom is -0.497 e. The molecule has 0 aliphatic heterocycles. The summed E-state index contributed by atoms with van der Waals surface area (Å²) in [5.74, 6) is 0.213. The first kappa shape index (κ1) is 19.1. The third-order valence-corrected chi connectivity index (χ3v) is 5.13. The standard InChI is InChI=1S/C23H13Cl2NO3/c1-28-16-4-2-3-13(9-16)14-5-7-17-19(12-26)23(29-21(17)10-14)22(27)18-8-6-15(24)11-20(18)25/h2-11H,1H3. The molecule has 4 aromatic rings. The zero-order valence-electron chi connectivity index (χ0n) is 15.2. The molecule has 142 valence electrons. The smallest absolute Gasteiger partial charge is 0.231 e. The number of carbonyl (C=O) groups excluding carboxylic acids is 1. The van der Waals surface area contributed by atoms with Crippen LogP contribution in [0.2, 0.25) is 10.0 Å². The minimum absolute atomic E-state index is 0.0467. The van der Waals surface area contributed by atoms with Gasteiger partial charge in [-0.1, -0.05) is 41.4 Å². The number of furan rings is 1. The molecule has 0 saturated heterocycles. The maximum absolute atomic E-state index is 13.0. The molecule has 4 nitrogen and oxygen atoms in total. The van der Waals surface area contributed by atoms with Crippen LogP contribution < -0.4 is 4.74 Å². The fourth-order valence-electron chi connectivity index (χ4n) is 3.15. The van der Waals surface area contributed by atoms with E-state index in [2.05, 4.69) is 6.07 Å². The number of hydrogen-bond donors (Lipinski definition) is 0. The summed E-state index contributed by atoms with van der Waals surface area (Å²) < 4.78 is 11.1. The van der Waals surface area contributed by atoms with Crippen LogP contribution in [0.5, 0.6) is 5.75 Å². The summed E-state index contributed by atoms with van der Waals surface area (Å²) in [6.45, 7) is 0. The molecule has 0 aliphatic rings. The quantitative estimate of drug-likeness (QED) is 0.352. The fourth-order valence-corrected chi connectivity index (χ4v) is 3.64. The monoisotopic (exact) mass is 421 g/mol. The first-order valence-corrected chi connectivity index (χ1v) is 9.38. The van der Waals surface area contributed by atoms with E-state index in [9.17, 15) is 10.1 Å². The van der Waals surface area contributed by atoms with Crippen molar-refractivity contribution in [2.24, 2.45) is 0 Å². The number of carbonyl (C=O) groups is 1. The van der Waals surface area contributed by atoms with Crippen molar-refractivity contribution >= 4 is 40.0 Å². The Bertz CT molecular complexity index is 1300. The normalized spacial score (nSPS) is 10.7. The number of ketones is 1. The summed E-state index contributed by atoms with van der Waals surface area (Å²) in [4.78, 5) is 13.0. The topological polar surface area (TPSA) is 63.2 Å². The van der Waals surface area contributed by atoms with Gasteiger partial charge in [0.1, 0.15) is 23.0 Å². The lowest BCUT2D eigenvalue weighted by Gasteiger charge is -2.04. The summed E-state index contributed by atoms with van der Waals surface area (Å²) in [7, 11) is 1.60. The van der Waals surface area contributed by atoms with E-state index in [-0.39, 0.29) is 21.9 Å². The molecule has 0 amide bonds. The predicted octanol–water partition coefficient (Wildman–Crippen LogP) is 6.52. The van der Waals surface area contributed by atoms with E-state index < -0.39 is 5.78 Å². The molecule has 1 aromatic heterocycles. The highest BCUT2D eigenvalue weighted by Gasteiger charge is 2.24. The van der Waals surface area contributed by atoms with E-state index in [1.807, 2.05) is 30.3 Å². The van der Waals surface area contributed by atoms with E-state index in [4.69, 9.17) is 32.4 Å². The lowest BCUT2D eigenvalue weighted by atomic mass is 10.0. The average Bonchev–Trinajstić information content (AvgIpc) is 3.11. The Balaban J connectivity index is 1.83. The number of halogens is 2. The fraction of sp³-hybridized carbons (Fsp3) is 0.0435. The van der Waals surface area contributed by atoms with Gasteiger partial charge in [-0.15, -0.1) is 0 Å². The van der Waals surface area contributed by atoms with Crippen molar-refractivity contribution in [3.05, 3.63) is 87.6 Å². The third kappa shape index (κ3) is 3.47. The van der Waals surface area contributed by atoms with Crippen LogP contribution in [0.1, 0.15) is 21.7 Å². The van der Waals surface area contributed by atoms with Gasteiger partial charge in [-0.3, -0.25) is 4.79 Å². The maximum atomic E-state index is 13.0. The second kappa shape index (κ2) is 7.63. The summed E-state index contributed by atoms with van der Waals surface area (Å²) in [5, 5.41) is 10.8. The maximum Gasteiger partial charge on any atom is 0.231 e. The molecule has 0 aliphatic carbocycles. The highest BCUT2D eigenvalue weighted by molar-refractivity contribution is 6.37. The second-order valence-electron chi connectivity index (χ2n) is 6.31. The molecule has 0 bridgehead atoms. The number of ether oxygens (including phenoxy) is 1. The predicted molar refractivity (Wildman–Crippen MR) is 113 cm³/mol. The van der Waals surface area contributed by atoms with E-state index >= 15 is 0 Å². The van der Waals surface area contributed by atoms with Crippen LogP contribution >= 0.6 is 23.2 Å². The van der Waals surface area contributed by atoms with Crippen molar-refractivity contribution in [1.82, 2.24) is 0 Å². The zero-order chi connectivity index (χ0) is 20.5. The average molecular weight is 422 g/mol. The van der Waals surface area contributed by atoms with Crippen LogP contribution in [0.25, 0.3) is 22.1 Å². The van der Waals surface area contributed by atoms with E-state index in [0.717, 1.165) is 16.9 Å². The van der Waals surface area contributed by atoms with E-state index in [1.54, 1.807) is 25.3 Å². The van der Waals surface area contributed by atoms with Crippen LogP contribution in [-0.2, 0) is 0 Å². The molecule has 1 heterocycles. The van der Waals surface area contributed by atoms with Gasteiger partial charge in [0, 0.05) is 16.0 Å². The van der Waals surface area contributed by atoms with Crippen LogP contribution in [0.15, 0.2) is 65.1 Å². The summed E-state index contributed by atoms with van der Waals surface area (Å²) in [5.41, 5.74) is 2.64. The second-order valence-corrected chi connectivity index (χ2v) is 7.16. The number of nitrogens with zero attached hydrogens (tertiary/aromatic N) is 1. The molecular formula is C23H13Cl2NO3. The Morgan fingerprint density at radius 3 is 2.55 bits per heavy atom. The Morgan fingerprint density at radius 2 is 1.83 bits per heavy atom. The summed E-state index contributed by atoms with van der Waals surface area (Å²) >= 11 is 12.1. The lowest BCUT2D eigenvalue weighted by Crippen LogP contribution is -2.02. The molecule has 0 saturated carbocycles. The van der Waals surface area contributed by atoms with Gasteiger partial charge in [-0.2, -0.15) is 5.26 Å². The van der Waals surface area contributed by atoms with Crippen molar-refractivity contribution < 1.29 is 13.9 Å². The van der Waals surface area contributed by atoms with E-state index in [0.29, 0.717) is 16.0 Å². The van der Waals surface area contributed by atoms with Gasteiger partial charge >= 0.3 is 0 Å². The van der Waals surface area contributed by atoms with Gasteiger partial charge < -0.3 is 9.15 Å². The first-order chi connectivity index (χ1) is 14.0. The van der Waals surface area contributed by atoms with Crippen molar-refractivity contribution in [3.63, 3.8) is 0 Å². The zero-order valence-corrected chi connectivity index (χ0v) is 16.7. The van der Waals surface area contributed by atoms with Crippen molar-refractivity contribution in [2.45, 2.75) is 0 Å². The van der Waals surface area contributed by atoms with Crippen LogP contribution in [0.4, 0.5) is 0 Å². The summed E-state index contributed by atoms with van der Waals surface area (Å²) in [6, 6.07) is 19.7. The molecule has 0 unspecified atom stereocenters. The SMILES string of the molecule is COc1cccc(-c2ccc3c(C#N)c(C(=O)c4ccc(Cl)cc4Cl)oc3c2)c1. The molecule has 29 heavy (non-hydrogen) atoms. The molecule has 0 fully saturated rings. The number of rotatable bonds is 4. The number of hydrogen-bond acceptors (Lipinski definition) is 4. The van der Waals surface area contributed by atoms with Crippen molar-refractivity contribution in [3.8, 4) is 22.9 Å². The molecule has 6 heteroatoms. The van der Waals surface area contributed by atoms with Crippen LogP contribution in [-0.4, -0.2) is 12.9 Å². The van der Waals surface area contributed by atoms with Gasteiger partial charge in [0.2, 0.25) is 5.78 Å². The molecule has 0 radical (unpaired) electrons. The number of methoxy groups -OCH3 is 1. The highest BCUT2D eigenvalue weighted by Crippen LogP contribution is 2.33. The molecule has 4 rings (SSSR count). The Kier molecular flexibility index (Phi) is 5.02.